The number of hydrogen-bond acceptors (Lipinski definition) is 3. The molecule has 3 heterocycles. The van der Waals surface area contributed by atoms with Crippen LogP contribution in [0.2, 0.25) is 0 Å². The van der Waals surface area contributed by atoms with Gasteiger partial charge in [0.15, 0.2) is 0 Å². The Hall–Kier alpha value is -0.390. The van der Waals surface area contributed by atoms with E-state index in [0.29, 0.717) is 12.0 Å². The van der Waals surface area contributed by atoms with Crippen LogP contribution >= 0.6 is 27.3 Å². The summed E-state index contributed by atoms with van der Waals surface area (Å²) in [5.41, 5.74) is 0. The summed E-state index contributed by atoms with van der Waals surface area (Å²) in [5.74, 6) is 0.837. The summed E-state index contributed by atoms with van der Waals surface area (Å²) in [6.45, 7) is 2.97. The van der Waals surface area contributed by atoms with Gasteiger partial charge in [-0.25, -0.2) is 0 Å². The van der Waals surface area contributed by atoms with E-state index < -0.39 is 0 Å². The third-order valence-corrected chi connectivity index (χ3v) is 6.05. The molecule has 0 spiro atoms. The maximum Gasteiger partial charge on any atom is 0.265 e. The molecule has 3 nitrogen and oxygen atoms in total. The third-order valence-electron chi connectivity index (χ3n) is 4.22. The van der Waals surface area contributed by atoms with Crippen LogP contribution in [0.25, 0.3) is 0 Å². The summed E-state index contributed by atoms with van der Waals surface area (Å²) in [6.07, 6.45) is 4.95. The summed E-state index contributed by atoms with van der Waals surface area (Å²) in [7, 11) is 0. The molecule has 1 amide bonds. The van der Waals surface area contributed by atoms with Crippen molar-refractivity contribution in [1.29, 1.82) is 0 Å². The van der Waals surface area contributed by atoms with E-state index in [4.69, 9.17) is 0 Å². The number of nitrogens with one attached hydrogen (secondary N) is 1. The predicted molar refractivity (Wildman–Crippen MR) is 81.7 cm³/mol. The van der Waals surface area contributed by atoms with Crippen LogP contribution in [0.4, 0.5) is 0 Å². The van der Waals surface area contributed by atoms with Crippen LogP contribution in [-0.4, -0.2) is 36.5 Å². The van der Waals surface area contributed by atoms with E-state index in [2.05, 4.69) is 21.2 Å². The monoisotopic (exact) mass is 342 g/mol. The van der Waals surface area contributed by atoms with Gasteiger partial charge >= 0.3 is 0 Å². The van der Waals surface area contributed by atoms with Gasteiger partial charge in [-0.05, 0) is 65.5 Å². The van der Waals surface area contributed by atoms with E-state index in [1.165, 1.54) is 30.6 Å². The molecule has 0 aliphatic carbocycles. The van der Waals surface area contributed by atoms with E-state index in [-0.39, 0.29) is 5.91 Å². The van der Waals surface area contributed by atoms with Gasteiger partial charge in [0.1, 0.15) is 4.88 Å². The number of likely N-dealkylation sites (tertiary alicyclic amines) is 1. The Bertz CT molecular complexity index is 456. The van der Waals surface area contributed by atoms with Gasteiger partial charge in [0.2, 0.25) is 0 Å². The van der Waals surface area contributed by atoms with Crippen LogP contribution in [0.15, 0.2) is 15.9 Å². The standard InChI is InChI=1S/C14H19BrN2OS/c15-11-5-8-19-13(11)14(18)17-7-2-3-10(9-17)12-4-1-6-16-12/h5,8,10,12,16H,1-4,6-7,9H2. The molecule has 3 rings (SSSR count). The minimum atomic E-state index is 0.199. The lowest BCUT2D eigenvalue weighted by atomic mass is 9.89. The number of piperidine rings is 1. The van der Waals surface area contributed by atoms with Gasteiger partial charge < -0.3 is 10.2 Å². The quantitative estimate of drug-likeness (QED) is 0.895. The van der Waals surface area contributed by atoms with Gasteiger partial charge in [-0.2, -0.15) is 0 Å². The summed E-state index contributed by atoms with van der Waals surface area (Å²) < 4.78 is 0.934. The SMILES string of the molecule is O=C(c1sccc1Br)N1CCCC(C2CCCN2)C1. The molecule has 19 heavy (non-hydrogen) atoms. The smallest absolute Gasteiger partial charge is 0.265 e. The lowest BCUT2D eigenvalue weighted by molar-refractivity contribution is 0.0655. The topological polar surface area (TPSA) is 32.3 Å². The summed E-state index contributed by atoms with van der Waals surface area (Å²) in [5, 5.41) is 5.56. The number of carbonyl (C=O) groups excluding carboxylic acids is 1. The second-order valence-electron chi connectivity index (χ2n) is 5.45. The van der Waals surface area contributed by atoms with Crippen molar-refractivity contribution in [2.75, 3.05) is 19.6 Å². The predicted octanol–water partition coefficient (Wildman–Crippen LogP) is 3.11. The third kappa shape index (κ3) is 2.88. The minimum absolute atomic E-state index is 0.199. The maximum atomic E-state index is 12.5. The Morgan fingerprint density at radius 3 is 3.00 bits per heavy atom. The first-order chi connectivity index (χ1) is 9.25. The van der Waals surface area contributed by atoms with E-state index in [1.54, 1.807) is 0 Å². The van der Waals surface area contributed by atoms with Crippen molar-refractivity contribution in [2.45, 2.75) is 31.7 Å². The molecule has 0 aromatic carbocycles. The Balaban J connectivity index is 1.67. The molecule has 0 bridgehead atoms. The average Bonchev–Trinajstić information content (AvgIpc) is 3.09. The Labute approximate surface area is 126 Å². The van der Waals surface area contributed by atoms with Gasteiger partial charge in [-0.15, -0.1) is 11.3 Å². The normalized spacial score (nSPS) is 27.7. The molecule has 2 aliphatic rings. The molecule has 2 atom stereocenters. The molecule has 1 aromatic heterocycles. The molecular formula is C14H19BrN2OS. The van der Waals surface area contributed by atoms with E-state index in [0.717, 1.165) is 35.4 Å². The fourth-order valence-corrected chi connectivity index (χ4v) is 4.73. The average molecular weight is 343 g/mol. The van der Waals surface area contributed by atoms with Gasteiger partial charge in [0, 0.05) is 23.6 Å². The van der Waals surface area contributed by atoms with Crippen LogP contribution in [0.3, 0.4) is 0 Å². The zero-order valence-corrected chi connectivity index (χ0v) is 13.3. The van der Waals surface area contributed by atoms with Crippen molar-refractivity contribution in [3.05, 3.63) is 20.8 Å². The lowest BCUT2D eigenvalue weighted by Crippen LogP contribution is -2.45. The Kier molecular flexibility index (Phi) is 4.24. The van der Waals surface area contributed by atoms with Gasteiger partial charge in [0.25, 0.3) is 5.91 Å². The number of halogens is 1. The first-order valence-electron chi connectivity index (χ1n) is 7.01. The molecule has 1 N–H and O–H groups in total. The second kappa shape index (κ2) is 5.94. The summed E-state index contributed by atoms with van der Waals surface area (Å²) >= 11 is 5.00. The number of rotatable bonds is 2. The number of thiophene rings is 1. The first kappa shape index (κ1) is 13.6. The van der Waals surface area contributed by atoms with E-state index in [9.17, 15) is 4.79 Å². The highest BCUT2D eigenvalue weighted by Crippen LogP contribution is 2.29. The fraction of sp³-hybridized carbons (Fsp3) is 0.643. The maximum absolute atomic E-state index is 12.5. The molecule has 104 valence electrons. The Morgan fingerprint density at radius 1 is 1.42 bits per heavy atom. The highest BCUT2D eigenvalue weighted by atomic mass is 79.9. The van der Waals surface area contributed by atoms with E-state index in [1.807, 2.05) is 16.3 Å². The largest absolute Gasteiger partial charge is 0.338 e. The van der Waals surface area contributed by atoms with Crippen LogP contribution in [0.1, 0.15) is 35.4 Å². The highest BCUT2D eigenvalue weighted by Gasteiger charge is 2.31. The van der Waals surface area contributed by atoms with Crippen LogP contribution in [0, 0.1) is 5.92 Å². The van der Waals surface area contributed by atoms with Crippen LogP contribution in [0.5, 0.6) is 0 Å². The van der Waals surface area contributed by atoms with Gasteiger partial charge in [0.05, 0.1) is 0 Å². The number of nitrogens with zero attached hydrogens (tertiary/aromatic N) is 1. The fourth-order valence-electron chi connectivity index (χ4n) is 3.23. The number of amides is 1. The lowest BCUT2D eigenvalue weighted by Gasteiger charge is -2.35. The minimum Gasteiger partial charge on any atom is -0.338 e. The number of carbonyl (C=O) groups is 1. The first-order valence-corrected chi connectivity index (χ1v) is 8.68. The summed E-state index contributed by atoms with van der Waals surface area (Å²) in [4.78, 5) is 15.4. The van der Waals surface area contributed by atoms with Crippen molar-refractivity contribution < 1.29 is 4.79 Å². The molecular weight excluding hydrogens is 324 g/mol. The molecule has 2 fully saturated rings. The molecule has 1 aromatic rings. The molecule has 0 radical (unpaired) electrons. The number of hydrogen-bond donors (Lipinski definition) is 1. The van der Waals surface area contributed by atoms with Crippen molar-refractivity contribution in [2.24, 2.45) is 5.92 Å². The van der Waals surface area contributed by atoms with Crippen molar-refractivity contribution in [3.8, 4) is 0 Å². The zero-order chi connectivity index (χ0) is 13.2. The molecule has 2 aliphatic heterocycles. The molecule has 2 unspecified atom stereocenters. The van der Waals surface area contributed by atoms with E-state index >= 15 is 0 Å². The Morgan fingerprint density at radius 2 is 2.32 bits per heavy atom. The molecule has 5 heteroatoms. The highest BCUT2D eigenvalue weighted by molar-refractivity contribution is 9.10. The van der Waals surface area contributed by atoms with Crippen molar-refractivity contribution in [3.63, 3.8) is 0 Å². The van der Waals surface area contributed by atoms with Crippen molar-refractivity contribution >= 4 is 33.2 Å². The van der Waals surface area contributed by atoms with Gasteiger partial charge in [-0.3, -0.25) is 4.79 Å². The van der Waals surface area contributed by atoms with Crippen molar-refractivity contribution in [1.82, 2.24) is 10.2 Å². The van der Waals surface area contributed by atoms with Crippen LogP contribution in [-0.2, 0) is 0 Å². The zero-order valence-electron chi connectivity index (χ0n) is 10.9. The van der Waals surface area contributed by atoms with Gasteiger partial charge in [-0.1, -0.05) is 0 Å². The second-order valence-corrected chi connectivity index (χ2v) is 7.22. The molecule has 0 saturated carbocycles. The summed E-state index contributed by atoms with van der Waals surface area (Å²) in [6, 6.07) is 2.58. The van der Waals surface area contributed by atoms with Crippen LogP contribution < -0.4 is 5.32 Å². The molecule has 2 saturated heterocycles.